The van der Waals surface area contributed by atoms with Gasteiger partial charge in [0.15, 0.2) is 5.76 Å². The Balaban J connectivity index is 2.08. The maximum atomic E-state index is 11.9. The monoisotopic (exact) mass is 220 g/mol. The zero-order valence-corrected chi connectivity index (χ0v) is 8.75. The van der Waals surface area contributed by atoms with Gasteiger partial charge in [-0.15, -0.1) is 11.6 Å². The van der Waals surface area contributed by atoms with Crippen LogP contribution in [-0.4, -0.2) is 10.7 Å². The summed E-state index contributed by atoms with van der Waals surface area (Å²) >= 11 is 6.05. The predicted molar refractivity (Wildman–Crippen MR) is 58.4 cm³/mol. The number of Topliss-reactive ketones (excluding diaryl/α,β-unsaturated/α-hetero) is 1. The summed E-state index contributed by atoms with van der Waals surface area (Å²) in [4.78, 5) is 11.2. The molecular weight excluding hydrogens is 212 g/mol. The van der Waals surface area contributed by atoms with Gasteiger partial charge in [-0.1, -0.05) is 18.2 Å². The number of hydrogen-bond acceptors (Lipinski definition) is 2. The molecule has 76 valence electrons. The summed E-state index contributed by atoms with van der Waals surface area (Å²) in [7, 11) is 0. The van der Waals surface area contributed by atoms with E-state index in [-0.39, 0.29) is 5.78 Å². The second-order valence-corrected chi connectivity index (χ2v) is 4.67. The minimum absolute atomic E-state index is 0.0830. The molecule has 15 heavy (non-hydrogen) atoms. The molecular formula is C12H9ClO2. The molecule has 0 aliphatic heterocycles. The van der Waals surface area contributed by atoms with E-state index < -0.39 is 4.87 Å². The summed E-state index contributed by atoms with van der Waals surface area (Å²) in [6.45, 7) is 0. The number of ketones is 1. The van der Waals surface area contributed by atoms with Gasteiger partial charge in [-0.2, -0.15) is 0 Å². The maximum Gasteiger partial charge on any atom is 0.218 e. The number of carbonyl (C=O) groups is 1. The lowest BCUT2D eigenvalue weighted by Gasteiger charge is -1.99. The fraction of sp³-hybridized carbons (Fsp3) is 0.250. The topological polar surface area (TPSA) is 30.2 Å². The highest BCUT2D eigenvalue weighted by atomic mass is 35.5. The number of hydrogen-bond donors (Lipinski definition) is 0. The highest BCUT2D eigenvalue weighted by Crippen LogP contribution is 2.45. The number of rotatable bonds is 2. The van der Waals surface area contributed by atoms with Gasteiger partial charge in [-0.25, -0.2) is 0 Å². The van der Waals surface area contributed by atoms with Crippen molar-refractivity contribution >= 4 is 28.4 Å². The molecule has 0 amide bonds. The molecule has 0 N–H and O–H groups in total. The second kappa shape index (κ2) is 2.86. The van der Waals surface area contributed by atoms with Crippen LogP contribution in [0, 0.1) is 0 Å². The Bertz CT molecular complexity index is 504. The normalized spacial score (nSPS) is 17.9. The number of para-hydroxylation sites is 1. The molecule has 3 heteroatoms. The van der Waals surface area contributed by atoms with E-state index in [9.17, 15) is 4.79 Å². The lowest BCUT2D eigenvalue weighted by molar-refractivity contribution is 0.0954. The quantitative estimate of drug-likeness (QED) is 0.574. The van der Waals surface area contributed by atoms with Crippen LogP contribution in [0.1, 0.15) is 23.4 Å². The molecule has 2 nitrogen and oxygen atoms in total. The van der Waals surface area contributed by atoms with E-state index in [4.69, 9.17) is 16.0 Å². The van der Waals surface area contributed by atoms with Gasteiger partial charge in [0.25, 0.3) is 0 Å². The molecule has 0 spiro atoms. The van der Waals surface area contributed by atoms with Crippen molar-refractivity contribution in [3.05, 3.63) is 36.1 Å². The Morgan fingerprint density at radius 3 is 2.73 bits per heavy atom. The van der Waals surface area contributed by atoms with Gasteiger partial charge in [0.2, 0.25) is 5.78 Å². The number of benzene rings is 1. The molecule has 0 saturated heterocycles. The summed E-state index contributed by atoms with van der Waals surface area (Å²) in [5.41, 5.74) is 0.738. The van der Waals surface area contributed by atoms with Crippen LogP contribution >= 0.6 is 11.6 Å². The summed E-state index contributed by atoms with van der Waals surface area (Å²) in [6.07, 6.45) is 1.51. The Morgan fingerprint density at radius 1 is 1.33 bits per heavy atom. The Hall–Kier alpha value is -1.28. The summed E-state index contributed by atoms with van der Waals surface area (Å²) in [5, 5.41) is 0.946. The molecule has 1 fully saturated rings. The van der Waals surface area contributed by atoms with Gasteiger partial charge < -0.3 is 4.42 Å². The number of alkyl halides is 1. The average Bonchev–Trinajstić information content (AvgIpc) is 2.85. The molecule has 2 aromatic rings. The zero-order chi connectivity index (χ0) is 10.5. The predicted octanol–water partition coefficient (Wildman–Crippen LogP) is 3.39. The van der Waals surface area contributed by atoms with Gasteiger partial charge in [0.05, 0.1) is 0 Å². The van der Waals surface area contributed by atoms with Gasteiger partial charge in [0, 0.05) is 5.39 Å². The molecule has 0 bridgehead atoms. The van der Waals surface area contributed by atoms with E-state index in [0.717, 1.165) is 23.8 Å². The number of furan rings is 1. The lowest BCUT2D eigenvalue weighted by Crippen LogP contribution is -2.14. The Kier molecular flexibility index (Phi) is 1.71. The first-order valence-corrected chi connectivity index (χ1v) is 5.29. The summed E-state index contributed by atoms with van der Waals surface area (Å²) in [6, 6.07) is 9.33. The van der Waals surface area contributed by atoms with Gasteiger partial charge in [-0.05, 0) is 25.0 Å². The van der Waals surface area contributed by atoms with Crippen molar-refractivity contribution in [3.63, 3.8) is 0 Å². The van der Waals surface area contributed by atoms with Crippen LogP contribution in [0.4, 0.5) is 0 Å². The first-order chi connectivity index (χ1) is 7.19. The number of carbonyl (C=O) groups excluding carboxylic acids is 1. The molecule has 3 rings (SSSR count). The fourth-order valence-corrected chi connectivity index (χ4v) is 1.84. The first kappa shape index (κ1) is 8.98. The molecule has 0 atom stereocenters. The van der Waals surface area contributed by atoms with Crippen molar-refractivity contribution in [3.8, 4) is 0 Å². The highest BCUT2D eigenvalue weighted by molar-refractivity contribution is 6.39. The minimum atomic E-state index is -0.673. The molecule has 1 heterocycles. The summed E-state index contributed by atoms with van der Waals surface area (Å²) in [5.74, 6) is 0.295. The Morgan fingerprint density at radius 2 is 2.07 bits per heavy atom. The number of fused-ring (bicyclic) bond motifs is 1. The lowest BCUT2D eigenvalue weighted by atomic mass is 10.2. The second-order valence-electron chi connectivity index (χ2n) is 3.94. The molecule has 1 aliphatic rings. The first-order valence-electron chi connectivity index (χ1n) is 4.91. The van der Waals surface area contributed by atoms with Crippen LogP contribution in [-0.2, 0) is 0 Å². The van der Waals surface area contributed by atoms with Crippen molar-refractivity contribution < 1.29 is 9.21 Å². The van der Waals surface area contributed by atoms with Crippen molar-refractivity contribution in [2.75, 3.05) is 0 Å². The third-order valence-corrected chi connectivity index (χ3v) is 3.29. The SMILES string of the molecule is O=C(c1cc2ccccc2o1)C1(Cl)CC1. The van der Waals surface area contributed by atoms with Crippen molar-refractivity contribution in [1.29, 1.82) is 0 Å². The summed E-state index contributed by atoms with van der Waals surface area (Å²) < 4.78 is 5.46. The highest BCUT2D eigenvalue weighted by Gasteiger charge is 2.49. The van der Waals surface area contributed by atoms with Crippen molar-refractivity contribution in [2.24, 2.45) is 0 Å². The third-order valence-electron chi connectivity index (χ3n) is 2.75. The van der Waals surface area contributed by atoms with E-state index in [2.05, 4.69) is 0 Å². The largest absolute Gasteiger partial charge is 0.453 e. The minimum Gasteiger partial charge on any atom is -0.453 e. The average molecular weight is 221 g/mol. The number of halogens is 1. The van der Waals surface area contributed by atoms with Crippen LogP contribution < -0.4 is 0 Å². The fourth-order valence-electron chi connectivity index (χ4n) is 1.65. The van der Waals surface area contributed by atoms with Gasteiger partial charge >= 0.3 is 0 Å². The van der Waals surface area contributed by atoms with Crippen LogP contribution in [0.2, 0.25) is 0 Å². The van der Waals surface area contributed by atoms with E-state index in [1.807, 2.05) is 24.3 Å². The van der Waals surface area contributed by atoms with Crippen LogP contribution in [0.25, 0.3) is 11.0 Å². The smallest absolute Gasteiger partial charge is 0.218 e. The van der Waals surface area contributed by atoms with Crippen molar-refractivity contribution in [1.82, 2.24) is 0 Å². The van der Waals surface area contributed by atoms with Crippen LogP contribution in [0.5, 0.6) is 0 Å². The van der Waals surface area contributed by atoms with E-state index in [1.165, 1.54) is 0 Å². The standard InChI is InChI=1S/C12H9ClO2/c13-12(5-6-12)11(14)10-7-8-3-1-2-4-9(8)15-10/h1-4,7H,5-6H2. The van der Waals surface area contributed by atoms with Crippen LogP contribution in [0.15, 0.2) is 34.7 Å². The molecule has 0 unspecified atom stereocenters. The van der Waals surface area contributed by atoms with Gasteiger partial charge in [-0.3, -0.25) is 4.79 Å². The molecule has 1 saturated carbocycles. The molecule has 1 aromatic heterocycles. The van der Waals surface area contributed by atoms with E-state index in [0.29, 0.717) is 5.76 Å². The molecule has 0 radical (unpaired) electrons. The van der Waals surface area contributed by atoms with Crippen LogP contribution in [0.3, 0.4) is 0 Å². The zero-order valence-electron chi connectivity index (χ0n) is 8.00. The maximum absolute atomic E-state index is 11.9. The Labute approximate surface area is 91.8 Å². The van der Waals surface area contributed by atoms with E-state index >= 15 is 0 Å². The van der Waals surface area contributed by atoms with Gasteiger partial charge in [0.1, 0.15) is 10.5 Å². The molecule has 1 aromatic carbocycles. The third kappa shape index (κ3) is 1.37. The molecule has 1 aliphatic carbocycles. The van der Waals surface area contributed by atoms with E-state index in [1.54, 1.807) is 6.07 Å². The van der Waals surface area contributed by atoms with Crippen molar-refractivity contribution in [2.45, 2.75) is 17.7 Å².